The maximum Gasteiger partial charge on any atom is 0.323 e. The van der Waals surface area contributed by atoms with Crippen molar-refractivity contribution in [3.05, 3.63) is 78.9 Å². The van der Waals surface area contributed by atoms with Gasteiger partial charge in [0.25, 0.3) is 0 Å². The quantitative estimate of drug-likeness (QED) is 0.645. The molecule has 3 rings (SSSR count). The van der Waals surface area contributed by atoms with Crippen molar-refractivity contribution in [2.24, 2.45) is 0 Å². The van der Waals surface area contributed by atoms with Crippen molar-refractivity contribution in [2.45, 2.75) is 0 Å². The summed E-state index contributed by atoms with van der Waals surface area (Å²) < 4.78 is 5.69. The van der Waals surface area contributed by atoms with Crippen molar-refractivity contribution in [1.82, 2.24) is 0 Å². The Labute approximate surface area is 139 Å². The van der Waals surface area contributed by atoms with E-state index in [0.29, 0.717) is 17.1 Å². The second-order valence-electron chi connectivity index (χ2n) is 5.07. The van der Waals surface area contributed by atoms with Gasteiger partial charge in [0.2, 0.25) is 0 Å². The van der Waals surface area contributed by atoms with E-state index in [-0.39, 0.29) is 5.75 Å². The Morgan fingerprint density at radius 1 is 0.750 bits per heavy atom. The fourth-order valence-corrected chi connectivity index (χ4v) is 2.11. The van der Waals surface area contributed by atoms with Crippen LogP contribution in [0.25, 0.3) is 0 Å². The van der Waals surface area contributed by atoms with Crippen LogP contribution in [0.15, 0.2) is 78.9 Å². The van der Waals surface area contributed by atoms with Crippen LogP contribution in [-0.4, -0.2) is 11.1 Å². The van der Waals surface area contributed by atoms with Crippen LogP contribution < -0.4 is 15.4 Å². The van der Waals surface area contributed by atoms with E-state index >= 15 is 0 Å². The highest BCUT2D eigenvalue weighted by atomic mass is 16.5. The van der Waals surface area contributed by atoms with E-state index in [4.69, 9.17) is 4.74 Å². The molecule has 3 aromatic rings. The zero-order chi connectivity index (χ0) is 16.8. The van der Waals surface area contributed by atoms with Crippen molar-refractivity contribution in [3.8, 4) is 17.2 Å². The molecule has 0 spiro atoms. The highest BCUT2D eigenvalue weighted by Gasteiger charge is 2.04. The molecule has 0 bridgehead atoms. The van der Waals surface area contributed by atoms with E-state index in [0.717, 1.165) is 5.75 Å². The van der Waals surface area contributed by atoms with Gasteiger partial charge in [-0.2, -0.15) is 0 Å². The monoisotopic (exact) mass is 320 g/mol. The average molecular weight is 320 g/mol. The van der Waals surface area contributed by atoms with E-state index in [9.17, 15) is 9.90 Å². The number of para-hydroxylation sites is 1. The average Bonchev–Trinajstić information content (AvgIpc) is 2.57. The number of hydrogen-bond acceptors (Lipinski definition) is 3. The minimum absolute atomic E-state index is 0.0928. The van der Waals surface area contributed by atoms with Gasteiger partial charge in [0, 0.05) is 17.4 Å². The van der Waals surface area contributed by atoms with Gasteiger partial charge >= 0.3 is 6.03 Å². The number of phenols is 1. The lowest BCUT2D eigenvalue weighted by Gasteiger charge is -2.09. The fourth-order valence-electron chi connectivity index (χ4n) is 2.11. The third kappa shape index (κ3) is 4.27. The van der Waals surface area contributed by atoms with Crippen LogP contribution in [0.1, 0.15) is 0 Å². The van der Waals surface area contributed by atoms with Crippen molar-refractivity contribution >= 4 is 17.4 Å². The molecule has 0 fully saturated rings. The number of hydrogen-bond donors (Lipinski definition) is 3. The zero-order valence-corrected chi connectivity index (χ0v) is 12.8. The summed E-state index contributed by atoms with van der Waals surface area (Å²) in [6, 6.07) is 22.5. The number of urea groups is 1. The molecule has 0 atom stereocenters. The van der Waals surface area contributed by atoms with Gasteiger partial charge in [-0.05, 0) is 48.5 Å². The first-order valence-corrected chi connectivity index (χ1v) is 7.39. The molecule has 0 saturated heterocycles. The number of amides is 2. The largest absolute Gasteiger partial charge is 0.508 e. The molecule has 0 heterocycles. The lowest BCUT2D eigenvalue weighted by atomic mass is 10.3. The minimum atomic E-state index is -0.391. The molecule has 0 aliphatic carbocycles. The summed E-state index contributed by atoms with van der Waals surface area (Å²) in [6.45, 7) is 0. The van der Waals surface area contributed by atoms with E-state index in [2.05, 4.69) is 10.6 Å². The highest BCUT2D eigenvalue weighted by molar-refractivity contribution is 5.99. The lowest BCUT2D eigenvalue weighted by Crippen LogP contribution is -2.19. The molecule has 0 saturated carbocycles. The van der Waals surface area contributed by atoms with Gasteiger partial charge in [-0.3, -0.25) is 0 Å². The summed E-state index contributed by atoms with van der Waals surface area (Å²) in [7, 11) is 0. The zero-order valence-electron chi connectivity index (χ0n) is 12.8. The number of phenolic OH excluding ortho intramolecular Hbond substituents is 1. The number of aromatic hydroxyl groups is 1. The molecule has 24 heavy (non-hydrogen) atoms. The Bertz CT molecular complexity index is 818. The van der Waals surface area contributed by atoms with Crippen LogP contribution >= 0.6 is 0 Å². The number of anilines is 2. The molecule has 120 valence electrons. The fraction of sp³-hybridized carbons (Fsp3) is 0. The predicted molar refractivity (Wildman–Crippen MR) is 93.7 cm³/mol. The van der Waals surface area contributed by atoms with Crippen LogP contribution in [0.3, 0.4) is 0 Å². The van der Waals surface area contributed by atoms with E-state index in [1.165, 1.54) is 12.1 Å². The Kier molecular flexibility index (Phi) is 4.62. The predicted octanol–water partition coefficient (Wildman–Crippen LogP) is 4.83. The normalized spacial score (nSPS) is 10.0. The molecule has 0 unspecified atom stereocenters. The summed E-state index contributed by atoms with van der Waals surface area (Å²) in [5.74, 6) is 1.52. The first-order chi connectivity index (χ1) is 11.7. The molecule has 0 aliphatic heterocycles. The summed E-state index contributed by atoms with van der Waals surface area (Å²) in [4.78, 5) is 11.9. The summed E-state index contributed by atoms with van der Waals surface area (Å²) in [5, 5.41) is 14.7. The van der Waals surface area contributed by atoms with Gasteiger partial charge in [-0.25, -0.2) is 4.79 Å². The lowest BCUT2D eigenvalue weighted by molar-refractivity contribution is 0.262. The van der Waals surface area contributed by atoms with Crippen molar-refractivity contribution in [2.75, 3.05) is 10.6 Å². The maximum absolute atomic E-state index is 11.9. The standard InChI is InChI=1S/C19H16N2O3/c22-16-6-4-5-15(13-16)21-19(23)20-14-9-11-18(12-10-14)24-17-7-2-1-3-8-17/h1-13,22H,(H2,20,21,23). The van der Waals surface area contributed by atoms with Crippen LogP contribution in [0.4, 0.5) is 16.2 Å². The molecular weight excluding hydrogens is 304 g/mol. The number of carbonyl (C=O) groups excluding carboxylic acids is 1. The number of benzene rings is 3. The first-order valence-electron chi connectivity index (χ1n) is 7.39. The van der Waals surface area contributed by atoms with E-state index in [1.807, 2.05) is 30.3 Å². The van der Waals surface area contributed by atoms with Crippen molar-refractivity contribution in [1.29, 1.82) is 0 Å². The van der Waals surface area contributed by atoms with Crippen LogP contribution in [0.2, 0.25) is 0 Å². The van der Waals surface area contributed by atoms with Gasteiger partial charge in [0.1, 0.15) is 17.2 Å². The second-order valence-corrected chi connectivity index (χ2v) is 5.07. The number of carbonyl (C=O) groups is 1. The molecule has 0 radical (unpaired) electrons. The molecule has 2 amide bonds. The van der Waals surface area contributed by atoms with E-state index < -0.39 is 6.03 Å². The minimum Gasteiger partial charge on any atom is -0.508 e. The third-order valence-corrected chi connectivity index (χ3v) is 3.20. The van der Waals surface area contributed by atoms with Crippen molar-refractivity contribution in [3.63, 3.8) is 0 Å². The first kappa shape index (κ1) is 15.4. The molecular formula is C19H16N2O3. The topological polar surface area (TPSA) is 70.6 Å². The van der Waals surface area contributed by atoms with Gasteiger partial charge < -0.3 is 20.5 Å². The third-order valence-electron chi connectivity index (χ3n) is 3.20. The van der Waals surface area contributed by atoms with Crippen molar-refractivity contribution < 1.29 is 14.6 Å². The Hall–Kier alpha value is -3.47. The molecule has 3 aromatic carbocycles. The SMILES string of the molecule is O=C(Nc1ccc(Oc2ccccc2)cc1)Nc1cccc(O)c1. The highest BCUT2D eigenvalue weighted by Crippen LogP contribution is 2.23. The van der Waals surface area contributed by atoms with Gasteiger partial charge in [0.15, 0.2) is 0 Å². The van der Waals surface area contributed by atoms with Crippen LogP contribution in [-0.2, 0) is 0 Å². The molecule has 0 aliphatic rings. The second kappa shape index (κ2) is 7.19. The Morgan fingerprint density at radius 2 is 1.42 bits per heavy atom. The number of nitrogens with one attached hydrogen (secondary N) is 2. The maximum atomic E-state index is 11.9. The van der Waals surface area contributed by atoms with Crippen LogP contribution in [0.5, 0.6) is 17.2 Å². The summed E-state index contributed by atoms with van der Waals surface area (Å²) >= 11 is 0. The molecule has 3 N–H and O–H groups in total. The van der Waals surface area contributed by atoms with Crippen LogP contribution in [0, 0.1) is 0 Å². The summed E-state index contributed by atoms with van der Waals surface area (Å²) in [6.07, 6.45) is 0. The van der Waals surface area contributed by atoms with E-state index in [1.54, 1.807) is 36.4 Å². The molecule has 5 heteroatoms. The number of rotatable bonds is 4. The number of ether oxygens (including phenoxy) is 1. The summed E-state index contributed by atoms with van der Waals surface area (Å²) in [5.41, 5.74) is 1.14. The van der Waals surface area contributed by atoms with Gasteiger partial charge in [0.05, 0.1) is 0 Å². The Balaban J connectivity index is 1.58. The molecule has 0 aromatic heterocycles. The Morgan fingerprint density at radius 3 is 2.12 bits per heavy atom. The molecule has 5 nitrogen and oxygen atoms in total. The van der Waals surface area contributed by atoms with Gasteiger partial charge in [-0.1, -0.05) is 24.3 Å². The smallest absolute Gasteiger partial charge is 0.323 e. The van der Waals surface area contributed by atoms with Gasteiger partial charge in [-0.15, -0.1) is 0 Å².